The van der Waals surface area contributed by atoms with Gasteiger partial charge in [-0.1, -0.05) is 0 Å². The minimum atomic E-state index is -1.63. The van der Waals surface area contributed by atoms with Crippen LogP contribution in [0.5, 0.6) is 5.75 Å². The molecule has 0 aliphatic carbocycles. The van der Waals surface area contributed by atoms with Crippen molar-refractivity contribution in [3.8, 4) is 5.75 Å². The smallest absolute Gasteiger partial charge is 0.328 e. The Morgan fingerprint density at radius 1 is 1.37 bits per heavy atom. The van der Waals surface area contributed by atoms with E-state index in [4.69, 9.17) is 15.0 Å². The number of ether oxygens (including phenoxy) is 2. The molecule has 0 aliphatic heterocycles. The lowest BCUT2D eigenvalue weighted by Gasteiger charge is -2.20. The standard InChI is InChI=1S/C17H22N4O6/c1-10(2)27-17(25)14(6-4-11(22)8-20-18)21-16(24)15(23)13-7-5-12(26-3)9-19-13/h5,7-10,14-15,23H,4,6H2,1-3H3,(H,21,24)/t14-,15+/m0/s1. The van der Waals surface area contributed by atoms with Gasteiger partial charge >= 0.3 is 12.2 Å². The van der Waals surface area contributed by atoms with Crippen molar-refractivity contribution >= 4 is 23.9 Å². The summed E-state index contributed by atoms with van der Waals surface area (Å²) in [5, 5.41) is 12.5. The Hall–Kier alpha value is -3.10. The van der Waals surface area contributed by atoms with Crippen molar-refractivity contribution in [3.05, 3.63) is 29.6 Å². The lowest BCUT2D eigenvalue weighted by atomic mass is 10.1. The Morgan fingerprint density at radius 2 is 2.07 bits per heavy atom. The van der Waals surface area contributed by atoms with Crippen LogP contribution in [-0.2, 0) is 19.1 Å². The molecule has 0 saturated heterocycles. The van der Waals surface area contributed by atoms with E-state index in [0.717, 1.165) is 0 Å². The zero-order chi connectivity index (χ0) is 20.4. The van der Waals surface area contributed by atoms with Gasteiger partial charge in [0.2, 0.25) is 5.78 Å². The first-order valence-electron chi connectivity index (χ1n) is 8.17. The largest absolute Gasteiger partial charge is 0.495 e. The number of hydrogen-bond acceptors (Lipinski definition) is 7. The topological polar surface area (TPSA) is 151 Å². The molecule has 10 heteroatoms. The van der Waals surface area contributed by atoms with Gasteiger partial charge in [0.05, 0.1) is 25.1 Å². The predicted octanol–water partition coefficient (Wildman–Crippen LogP) is 0.210. The van der Waals surface area contributed by atoms with Crippen molar-refractivity contribution in [1.82, 2.24) is 10.3 Å². The van der Waals surface area contributed by atoms with Crippen LogP contribution in [-0.4, -0.2) is 58.0 Å². The summed E-state index contributed by atoms with van der Waals surface area (Å²) in [5.41, 5.74) is 8.41. The summed E-state index contributed by atoms with van der Waals surface area (Å²) in [6, 6.07) is 1.77. The van der Waals surface area contributed by atoms with Crippen molar-refractivity contribution in [1.29, 1.82) is 0 Å². The highest BCUT2D eigenvalue weighted by Crippen LogP contribution is 2.15. The van der Waals surface area contributed by atoms with Crippen LogP contribution in [0.1, 0.15) is 38.5 Å². The number of aromatic nitrogens is 1. The number of nitrogens with zero attached hydrogens (tertiary/aromatic N) is 3. The molecule has 0 fully saturated rings. The lowest BCUT2D eigenvalue weighted by Crippen LogP contribution is -2.45. The zero-order valence-electron chi connectivity index (χ0n) is 15.3. The lowest BCUT2D eigenvalue weighted by molar-refractivity contribution is -0.152. The molecule has 0 bridgehead atoms. The molecule has 0 aromatic carbocycles. The normalized spacial score (nSPS) is 12.5. The van der Waals surface area contributed by atoms with E-state index in [1.165, 1.54) is 25.4 Å². The number of Topliss-reactive ketones (excluding diaryl/α,β-unsaturated/α-hetero) is 1. The molecule has 146 valence electrons. The van der Waals surface area contributed by atoms with Crippen LogP contribution in [0.25, 0.3) is 5.53 Å². The van der Waals surface area contributed by atoms with Crippen LogP contribution < -0.4 is 10.1 Å². The molecule has 0 saturated carbocycles. The molecule has 0 spiro atoms. The average molecular weight is 378 g/mol. The van der Waals surface area contributed by atoms with Crippen molar-refractivity contribution in [2.75, 3.05) is 7.11 Å². The van der Waals surface area contributed by atoms with Crippen LogP contribution in [0.2, 0.25) is 0 Å². The first kappa shape index (κ1) is 21.9. The molecule has 1 heterocycles. The number of carbonyl (C=O) groups is 3. The maximum atomic E-state index is 12.3. The van der Waals surface area contributed by atoms with E-state index in [9.17, 15) is 19.5 Å². The van der Waals surface area contributed by atoms with E-state index in [2.05, 4.69) is 15.1 Å². The number of carbonyl (C=O) groups excluding carboxylic acids is 3. The number of aliphatic hydroxyl groups excluding tert-OH is 1. The number of amides is 1. The third-order valence-electron chi connectivity index (χ3n) is 3.36. The zero-order valence-corrected chi connectivity index (χ0v) is 15.3. The molecule has 0 unspecified atom stereocenters. The first-order chi connectivity index (χ1) is 12.8. The van der Waals surface area contributed by atoms with Gasteiger partial charge in [-0.2, -0.15) is 4.79 Å². The van der Waals surface area contributed by atoms with E-state index in [1.807, 2.05) is 0 Å². The summed E-state index contributed by atoms with van der Waals surface area (Å²) in [5.74, 6) is -1.70. The fourth-order valence-electron chi connectivity index (χ4n) is 2.04. The van der Waals surface area contributed by atoms with Gasteiger partial charge in [-0.25, -0.2) is 4.79 Å². The molecule has 1 rings (SSSR count). The molecule has 10 nitrogen and oxygen atoms in total. The second-order valence-corrected chi connectivity index (χ2v) is 5.82. The van der Waals surface area contributed by atoms with Crippen LogP contribution >= 0.6 is 0 Å². The summed E-state index contributed by atoms with van der Waals surface area (Å²) in [4.78, 5) is 42.4. The second-order valence-electron chi connectivity index (χ2n) is 5.82. The van der Waals surface area contributed by atoms with Crippen LogP contribution in [0, 0.1) is 0 Å². The Labute approximate surface area is 156 Å². The first-order valence-corrected chi connectivity index (χ1v) is 8.17. The summed E-state index contributed by atoms with van der Waals surface area (Å²) < 4.78 is 10.0. The van der Waals surface area contributed by atoms with Crippen LogP contribution in [0.3, 0.4) is 0 Å². The summed E-state index contributed by atoms with van der Waals surface area (Å²) in [7, 11) is 1.45. The van der Waals surface area contributed by atoms with Crippen LogP contribution in [0.15, 0.2) is 18.3 Å². The number of methoxy groups -OCH3 is 1. The molecule has 0 radical (unpaired) electrons. The molecule has 1 amide bonds. The van der Waals surface area contributed by atoms with Gasteiger partial charge in [0.15, 0.2) is 6.10 Å². The fourth-order valence-corrected chi connectivity index (χ4v) is 2.04. The number of hydrogen-bond donors (Lipinski definition) is 2. The summed E-state index contributed by atoms with van der Waals surface area (Å²) in [6.07, 6.45) is -0.282. The molecule has 27 heavy (non-hydrogen) atoms. The highest BCUT2D eigenvalue weighted by molar-refractivity contribution is 6.25. The van der Waals surface area contributed by atoms with Gasteiger partial charge in [0, 0.05) is 6.42 Å². The quantitative estimate of drug-likeness (QED) is 0.255. The minimum Gasteiger partial charge on any atom is -0.495 e. The molecular weight excluding hydrogens is 356 g/mol. The van der Waals surface area contributed by atoms with Crippen molar-refractivity contribution < 1.29 is 33.8 Å². The maximum Gasteiger partial charge on any atom is 0.328 e. The Morgan fingerprint density at radius 3 is 2.59 bits per heavy atom. The Kier molecular flexibility index (Phi) is 8.77. The van der Waals surface area contributed by atoms with Crippen molar-refractivity contribution in [2.24, 2.45) is 0 Å². The van der Waals surface area contributed by atoms with Gasteiger partial charge in [0.1, 0.15) is 11.8 Å². The van der Waals surface area contributed by atoms with Gasteiger partial charge in [-0.15, -0.1) is 0 Å². The van der Waals surface area contributed by atoms with E-state index >= 15 is 0 Å². The Balaban J connectivity index is 2.83. The van der Waals surface area contributed by atoms with E-state index in [1.54, 1.807) is 13.8 Å². The van der Waals surface area contributed by atoms with E-state index < -0.39 is 35.9 Å². The number of pyridine rings is 1. The second kappa shape index (κ2) is 10.8. The van der Waals surface area contributed by atoms with Gasteiger partial charge in [-0.05, 0) is 32.4 Å². The Bertz CT molecular complexity index is 713. The SMILES string of the molecule is COc1ccc([C@@H](O)C(=O)N[C@@H](CCC(=O)C=[N+]=[N-])C(=O)OC(C)C)nc1. The minimum absolute atomic E-state index is 0.0627. The molecule has 0 aliphatic rings. The summed E-state index contributed by atoms with van der Waals surface area (Å²) >= 11 is 0. The number of ketones is 1. The maximum absolute atomic E-state index is 12.3. The number of esters is 1. The molecule has 1 aromatic rings. The molecule has 2 N–H and O–H groups in total. The molecule has 2 atom stereocenters. The average Bonchev–Trinajstić information content (AvgIpc) is 2.63. The highest BCUT2D eigenvalue weighted by Gasteiger charge is 2.28. The van der Waals surface area contributed by atoms with Gasteiger partial charge in [0.25, 0.3) is 5.91 Å². The van der Waals surface area contributed by atoms with Crippen molar-refractivity contribution in [2.45, 2.75) is 44.9 Å². The number of aliphatic hydroxyl groups is 1. The number of rotatable bonds is 10. The summed E-state index contributed by atoms with van der Waals surface area (Å²) in [6.45, 7) is 3.27. The predicted molar refractivity (Wildman–Crippen MR) is 92.8 cm³/mol. The molecular formula is C17H22N4O6. The third kappa shape index (κ3) is 7.35. The number of nitrogens with one attached hydrogen (secondary N) is 1. The van der Waals surface area contributed by atoms with Crippen molar-refractivity contribution in [3.63, 3.8) is 0 Å². The fraction of sp³-hybridized carbons (Fsp3) is 0.471. The molecule has 1 aromatic heterocycles. The van der Waals surface area contributed by atoms with Gasteiger partial charge < -0.3 is 25.4 Å². The highest BCUT2D eigenvalue weighted by atomic mass is 16.5. The van der Waals surface area contributed by atoms with E-state index in [0.29, 0.717) is 12.0 Å². The van der Waals surface area contributed by atoms with E-state index in [-0.39, 0.29) is 18.5 Å². The monoisotopic (exact) mass is 378 g/mol. The third-order valence-corrected chi connectivity index (χ3v) is 3.36. The van der Waals surface area contributed by atoms with Gasteiger partial charge in [-0.3, -0.25) is 14.6 Å². The van der Waals surface area contributed by atoms with Crippen LogP contribution in [0.4, 0.5) is 0 Å².